The topological polar surface area (TPSA) is 83.4 Å². The summed E-state index contributed by atoms with van der Waals surface area (Å²) in [5.41, 5.74) is 2.04. The van der Waals surface area contributed by atoms with Crippen LogP contribution in [0.25, 0.3) is 0 Å². The quantitative estimate of drug-likeness (QED) is 0.527. The van der Waals surface area contributed by atoms with Gasteiger partial charge in [0.1, 0.15) is 23.1 Å². The molecular formula is C21H23N3O3. The van der Waals surface area contributed by atoms with Crippen molar-refractivity contribution in [2.75, 3.05) is 20.8 Å². The van der Waals surface area contributed by atoms with Crippen molar-refractivity contribution in [3.05, 3.63) is 71.4 Å². The molecule has 0 saturated heterocycles. The van der Waals surface area contributed by atoms with Crippen molar-refractivity contribution in [2.45, 2.75) is 13.0 Å². The summed E-state index contributed by atoms with van der Waals surface area (Å²) in [4.78, 5) is 12.1. The van der Waals surface area contributed by atoms with Gasteiger partial charge in [-0.3, -0.25) is 4.79 Å². The number of hydrogen-bond acceptors (Lipinski definition) is 5. The average molecular weight is 365 g/mol. The Morgan fingerprint density at radius 3 is 2.52 bits per heavy atom. The van der Waals surface area contributed by atoms with Crippen molar-refractivity contribution in [3.63, 3.8) is 0 Å². The van der Waals surface area contributed by atoms with E-state index in [1.165, 1.54) is 6.20 Å². The van der Waals surface area contributed by atoms with Crippen LogP contribution in [-0.4, -0.2) is 26.7 Å². The summed E-state index contributed by atoms with van der Waals surface area (Å²) < 4.78 is 10.4. The monoisotopic (exact) mass is 365 g/mol. The van der Waals surface area contributed by atoms with E-state index in [1.54, 1.807) is 14.2 Å². The molecule has 2 aromatic rings. The van der Waals surface area contributed by atoms with Crippen molar-refractivity contribution in [1.29, 1.82) is 5.26 Å². The highest BCUT2D eigenvalue weighted by molar-refractivity contribution is 5.97. The lowest BCUT2D eigenvalue weighted by molar-refractivity contribution is -0.117. The molecule has 2 N–H and O–H groups in total. The molecule has 0 aliphatic carbocycles. The van der Waals surface area contributed by atoms with E-state index in [2.05, 4.69) is 10.6 Å². The van der Waals surface area contributed by atoms with Crippen LogP contribution in [0.15, 0.2) is 60.3 Å². The molecule has 2 rings (SSSR count). The van der Waals surface area contributed by atoms with Gasteiger partial charge in [-0.1, -0.05) is 30.3 Å². The third-order valence-electron chi connectivity index (χ3n) is 3.95. The van der Waals surface area contributed by atoms with Gasteiger partial charge in [0, 0.05) is 24.9 Å². The second-order valence-electron chi connectivity index (χ2n) is 5.72. The average Bonchev–Trinajstić information content (AvgIpc) is 2.72. The first-order valence-electron chi connectivity index (χ1n) is 8.54. The van der Waals surface area contributed by atoms with Gasteiger partial charge in [0.05, 0.1) is 14.2 Å². The molecule has 0 fully saturated rings. The zero-order valence-electron chi connectivity index (χ0n) is 15.5. The number of hydrogen-bond donors (Lipinski definition) is 2. The van der Waals surface area contributed by atoms with E-state index >= 15 is 0 Å². The van der Waals surface area contributed by atoms with Gasteiger partial charge in [-0.2, -0.15) is 5.26 Å². The number of para-hydroxylation sites is 1. The second kappa shape index (κ2) is 10.5. The normalized spacial score (nSPS) is 10.6. The molecule has 6 heteroatoms. The molecule has 0 radical (unpaired) electrons. The van der Waals surface area contributed by atoms with Crippen LogP contribution < -0.4 is 20.1 Å². The summed E-state index contributed by atoms with van der Waals surface area (Å²) in [7, 11) is 3.22. The van der Waals surface area contributed by atoms with Crippen LogP contribution in [0.2, 0.25) is 0 Å². The minimum absolute atomic E-state index is 0.0274. The Hall–Kier alpha value is -3.46. The minimum atomic E-state index is -0.404. The maximum absolute atomic E-state index is 12.1. The number of ether oxygens (including phenoxy) is 2. The zero-order valence-corrected chi connectivity index (χ0v) is 15.5. The van der Waals surface area contributed by atoms with Crippen molar-refractivity contribution in [3.8, 4) is 17.6 Å². The Kier molecular flexibility index (Phi) is 7.73. The fourth-order valence-corrected chi connectivity index (χ4v) is 2.47. The van der Waals surface area contributed by atoms with Crippen LogP contribution in [0, 0.1) is 11.3 Å². The number of carbonyl (C=O) groups excluding carboxylic acids is 1. The molecule has 140 valence electrons. The standard InChI is InChI=1S/C21H23N3O3/c1-26-19-9-7-16(8-10-19)11-12-24-21(25)18(13-22)15-23-14-17-5-3-4-6-20(17)27-2/h3-10,15,23H,11-12,14H2,1-2H3,(H,24,25)/b18-15-. The number of amides is 1. The molecule has 27 heavy (non-hydrogen) atoms. The van der Waals surface area contributed by atoms with Crippen molar-refractivity contribution < 1.29 is 14.3 Å². The largest absolute Gasteiger partial charge is 0.497 e. The predicted octanol–water partition coefficient (Wildman–Crippen LogP) is 2.56. The zero-order chi connectivity index (χ0) is 19.5. The molecule has 0 aliphatic heterocycles. The molecular weight excluding hydrogens is 342 g/mol. The number of benzene rings is 2. The molecule has 6 nitrogen and oxygen atoms in total. The smallest absolute Gasteiger partial charge is 0.263 e. The lowest BCUT2D eigenvalue weighted by Crippen LogP contribution is -2.27. The molecule has 2 aromatic carbocycles. The second-order valence-corrected chi connectivity index (χ2v) is 5.72. The van der Waals surface area contributed by atoms with E-state index in [1.807, 2.05) is 54.6 Å². The molecule has 0 aromatic heterocycles. The first kappa shape index (κ1) is 19.9. The fraction of sp³-hybridized carbons (Fsp3) is 0.238. The van der Waals surface area contributed by atoms with Gasteiger partial charge in [0.25, 0.3) is 5.91 Å². The third kappa shape index (κ3) is 6.08. The number of methoxy groups -OCH3 is 2. The molecule has 0 atom stereocenters. The highest BCUT2D eigenvalue weighted by Gasteiger charge is 2.08. The van der Waals surface area contributed by atoms with Crippen LogP contribution in [0.5, 0.6) is 11.5 Å². The van der Waals surface area contributed by atoms with E-state index in [0.29, 0.717) is 19.5 Å². The van der Waals surface area contributed by atoms with Gasteiger partial charge in [0.2, 0.25) is 0 Å². The Balaban J connectivity index is 1.83. The van der Waals surface area contributed by atoms with Crippen LogP contribution in [0.3, 0.4) is 0 Å². The Labute approximate surface area is 159 Å². The first-order chi connectivity index (χ1) is 13.2. The molecule has 0 aliphatic rings. The van der Waals surface area contributed by atoms with E-state index < -0.39 is 5.91 Å². The molecule has 0 heterocycles. The van der Waals surface area contributed by atoms with Gasteiger partial charge in [-0.25, -0.2) is 0 Å². The van der Waals surface area contributed by atoms with E-state index in [-0.39, 0.29) is 5.57 Å². The minimum Gasteiger partial charge on any atom is -0.497 e. The summed E-state index contributed by atoms with van der Waals surface area (Å²) in [5, 5.41) is 15.0. The van der Waals surface area contributed by atoms with Gasteiger partial charge in [0.15, 0.2) is 0 Å². The number of rotatable bonds is 9. The molecule has 1 amide bonds. The summed E-state index contributed by atoms with van der Waals surface area (Å²) in [5.74, 6) is 1.14. The highest BCUT2D eigenvalue weighted by atomic mass is 16.5. The van der Waals surface area contributed by atoms with Crippen LogP contribution >= 0.6 is 0 Å². The van der Waals surface area contributed by atoms with E-state index in [0.717, 1.165) is 22.6 Å². The van der Waals surface area contributed by atoms with Crippen molar-refractivity contribution >= 4 is 5.91 Å². The Bertz CT molecular complexity index is 823. The van der Waals surface area contributed by atoms with Gasteiger partial charge in [-0.05, 0) is 30.2 Å². The van der Waals surface area contributed by atoms with Crippen LogP contribution in [-0.2, 0) is 17.8 Å². The van der Waals surface area contributed by atoms with Crippen molar-refractivity contribution in [2.24, 2.45) is 0 Å². The SMILES string of the molecule is COc1ccc(CCNC(=O)/C(C#N)=C\NCc2ccccc2OC)cc1. The third-order valence-corrected chi connectivity index (χ3v) is 3.95. The Morgan fingerprint density at radius 2 is 1.85 bits per heavy atom. The number of carbonyl (C=O) groups is 1. The Morgan fingerprint density at radius 1 is 1.11 bits per heavy atom. The first-order valence-corrected chi connectivity index (χ1v) is 8.54. The summed E-state index contributed by atoms with van der Waals surface area (Å²) >= 11 is 0. The van der Waals surface area contributed by atoms with Crippen LogP contribution in [0.4, 0.5) is 0 Å². The van der Waals surface area contributed by atoms with Gasteiger partial charge >= 0.3 is 0 Å². The van der Waals surface area contributed by atoms with Crippen molar-refractivity contribution in [1.82, 2.24) is 10.6 Å². The predicted molar refractivity (Wildman–Crippen MR) is 103 cm³/mol. The van der Waals surface area contributed by atoms with E-state index in [4.69, 9.17) is 9.47 Å². The maximum Gasteiger partial charge on any atom is 0.263 e. The fourth-order valence-electron chi connectivity index (χ4n) is 2.47. The van der Waals surface area contributed by atoms with Crippen LogP contribution in [0.1, 0.15) is 11.1 Å². The highest BCUT2D eigenvalue weighted by Crippen LogP contribution is 2.16. The lowest BCUT2D eigenvalue weighted by atomic mass is 10.1. The molecule has 0 bridgehead atoms. The maximum atomic E-state index is 12.1. The molecule has 0 saturated carbocycles. The van der Waals surface area contributed by atoms with Gasteiger partial charge < -0.3 is 20.1 Å². The van der Waals surface area contributed by atoms with Gasteiger partial charge in [-0.15, -0.1) is 0 Å². The van der Waals surface area contributed by atoms with E-state index in [9.17, 15) is 10.1 Å². The summed E-state index contributed by atoms with van der Waals surface area (Å²) in [6, 6.07) is 17.1. The number of nitrogens with zero attached hydrogens (tertiary/aromatic N) is 1. The lowest BCUT2D eigenvalue weighted by Gasteiger charge is -2.08. The number of nitrogens with one attached hydrogen (secondary N) is 2. The molecule has 0 unspecified atom stereocenters. The molecule has 0 spiro atoms. The number of nitriles is 1. The summed E-state index contributed by atoms with van der Waals surface area (Å²) in [6.45, 7) is 0.894. The summed E-state index contributed by atoms with van der Waals surface area (Å²) in [6.07, 6.45) is 2.10.